The highest BCUT2D eigenvalue weighted by Gasteiger charge is 2.08. The van der Waals surface area contributed by atoms with E-state index in [1.165, 1.54) is 0 Å². The third-order valence-electron chi connectivity index (χ3n) is 3.12. The monoisotopic (exact) mass is 317 g/mol. The summed E-state index contributed by atoms with van der Waals surface area (Å²) in [6, 6.07) is 5.67. The van der Waals surface area contributed by atoms with Crippen molar-refractivity contribution in [3.8, 4) is 5.75 Å². The third-order valence-corrected chi connectivity index (χ3v) is 3.12. The minimum Gasteiger partial charge on any atom is -0.490 e. The van der Waals surface area contributed by atoms with E-state index in [-0.39, 0.29) is 0 Å². The second-order valence-corrected chi connectivity index (χ2v) is 5.26. The Hall–Kier alpha value is -2.57. The van der Waals surface area contributed by atoms with Crippen molar-refractivity contribution in [2.24, 2.45) is 4.99 Å². The Morgan fingerprint density at radius 1 is 1.39 bits per heavy atom. The van der Waals surface area contributed by atoms with Crippen LogP contribution >= 0.6 is 0 Å². The van der Waals surface area contributed by atoms with Crippen molar-refractivity contribution in [2.45, 2.75) is 26.3 Å². The Morgan fingerprint density at radius 2 is 2.26 bits per heavy atom. The van der Waals surface area contributed by atoms with E-state index in [1.54, 1.807) is 19.4 Å². The predicted octanol–water partition coefficient (Wildman–Crippen LogP) is 1.94. The minimum absolute atomic E-state index is 0.356. The fourth-order valence-electron chi connectivity index (χ4n) is 1.85. The standard InChI is InChI=1S/C16H23N5O2/c1-12(2)15-9-14(23-21-15)11-20-16(17-3)19-7-8-22-13-5-4-6-18-10-13/h4-6,9-10,12H,7-8,11H2,1-3H3,(H2,17,19,20). The number of nitrogens with zero attached hydrogens (tertiary/aromatic N) is 3. The quantitative estimate of drug-likeness (QED) is 0.461. The Kier molecular flexibility index (Phi) is 6.40. The fourth-order valence-corrected chi connectivity index (χ4v) is 1.85. The fraction of sp³-hybridized carbons (Fsp3) is 0.438. The molecule has 7 heteroatoms. The molecule has 0 aliphatic rings. The number of aromatic nitrogens is 2. The zero-order chi connectivity index (χ0) is 16.5. The molecule has 0 atom stereocenters. The van der Waals surface area contributed by atoms with Crippen LogP contribution in [0.5, 0.6) is 5.75 Å². The normalized spacial score (nSPS) is 11.6. The highest BCUT2D eigenvalue weighted by Crippen LogP contribution is 2.13. The molecule has 7 nitrogen and oxygen atoms in total. The molecule has 0 unspecified atom stereocenters. The highest BCUT2D eigenvalue weighted by molar-refractivity contribution is 5.79. The summed E-state index contributed by atoms with van der Waals surface area (Å²) in [4.78, 5) is 8.15. The number of guanidine groups is 1. The number of pyridine rings is 1. The Morgan fingerprint density at radius 3 is 2.91 bits per heavy atom. The van der Waals surface area contributed by atoms with Gasteiger partial charge in [0.25, 0.3) is 0 Å². The Bertz CT molecular complexity index is 610. The first-order chi connectivity index (χ1) is 11.2. The molecule has 0 bridgehead atoms. The summed E-state index contributed by atoms with van der Waals surface area (Å²) in [5, 5.41) is 10.4. The smallest absolute Gasteiger partial charge is 0.191 e. The van der Waals surface area contributed by atoms with Crippen molar-refractivity contribution in [3.63, 3.8) is 0 Å². The second-order valence-electron chi connectivity index (χ2n) is 5.26. The molecule has 0 saturated heterocycles. The van der Waals surface area contributed by atoms with Crippen LogP contribution in [0.3, 0.4) is 0 Å². The van der Waals surface area contributed by atoms with Gasteiger partial charge in [0.05, 0.1) is 25.0 Å². The number of hydrogen-bond acceptors (Lipinski definition) is 5. The lowest BCUT2D eigenvalue weighted by Crippen LogP contribution is -2.38. The second kappa shape index (κ2) is 8.77. The molecule has 0 fully saturated rings. The highest BCUT2D eigenvalue weighted by atomic mass is 16.5. The molecule has 2 heterocycles. The lowest BCUT2D eigenvalue weighted by atomic mass is 10.1. The molecular weight excluding hydrogens is 294 g/mol. The predicted molar refractivity (Wildman–Crippen MR) is 88.5 cm³/mol. The Labute approximate surface area is 136 Å². The van der Waals surface area contributed by atoms with E-state index >= 15 is 0 Å². The topological polar surface area (TPSA) is 84.6 Å². The summed E-state index contributed by atoms with van der Waals surface area (Å²) in [6.07, 6.45) is 3.40. The number of nitrogens with one attached hydrogen (secondary N) is 2. The van der Waals surface area contributed by atoms with Gasteiger partial charge in [-0.05, 0) is 18.1 Å². The molecule has 23 heavy (non-hydrogen) atoms. The van der Waals surface area contributed by atoms with E-state index < -0.39 is 0 Å². The van der Waals surface area contributed by atoms with Crippen LogP contribution in [0.25, 0.3) is 0 Å². The van der Waals surface area contributed by atoms with Crippen molar-refractivity contribution in [3.05, 3.63) is 42.0 Å². The molecule has 0 saturated carbocycles. The lowest BCUT2D eigenvalue weighted by Gasteiger charge is -2.11. The summed E-state index contributed by atoms with van der Waals surface area (Å²) in [5.74, 6) is 2.57. The molecule has 2 rings (SSSR count). The van der Waals surface area contributed by atoms with Crippen LogP contribution in [0, 0.1) is 0 Å². The van der Waals surface area contributed by atoms with Gasteiger partial charge in [-0.2, -0.15) is 0 Å². The number of aliphatic imine (C=N–C) groups is 1. The zero-order valence-electron chi connectivity index (χ0n) is 13.7. The first kappa shape index (κ1) is 16.8. The average molecular weight is 317 g/mol. The molecule has 2 aromatic rings. The van der Waals surface area contributed by atoms with E-state index in [9.17, 15) is 0 Å². The van der Waals surface area contributed by atoms with Gasteiger partial charge >= 0.3 is 0 Å². The van der Waals surface area contributed by atoms with Crippen LogP contribution < -0.4 is 15.4 Å². The van der Waals surface area contributed by atoms with Gasteiger partial charge in [0, 0.05) is 19.3 Å². The number of hydrogen-bond donors (Lipinski definition) is 2. The van der Waals surface area contributed by atoms with Crippen molar-refractivity contribution in [1.82, 2.24) is 20.8 Å². The minimum atomic E-state index is 0.356. The molecule has 0 spiro atoms. The molecule has 124 valence electrons. The third kappa shape index (κ3) is 5.61. The summed E-state index contributed by atoms with van der Waals surface area (Å²) >= 11 is 0. The molecule has 0 radical (unpaired) electrons. The Balaban J connectivity index is 1.69. The maximum Gasteiger partial charge on any atom is 0.191 e. The van der Waals surface area contributed by atoms with E-state index in [0.29, 0.717) is 31.6 Å². The van der Waals surface area contributed by atoms with Crippen molar-refractivity contribution in [2.75, 3.05) is 20.2 Å². The van der Waals surface area contributed by atoms with Gasteiger partial charge in [0.1, 0.15) is 12.4 Å². The molecule has 0 aliphatic heterocycles. The van der Waals surface area contributed by atoms with E-state index in [4.69, 9.17) is 9.26 Å². The van der Waals surface area contributed by atoms with Crippen LogP contribution in [-0.4, -0.2) is 36.3 Å². The van der Waals surface area contributed by atoms with Crippen LogP contribution in [0.2, 0.25) is 0 Å². The van der Waals surface area contributed by atoms with Gasteiger partial charge in [-0.25, -0.2) is 0 Å². The van der Waals surface area contributed by atoms with Gasteiger partial charge in [-0.3, -0.25) is 9.98 Å². The summed E-state index contributed by atoms with van der Waals surface area (Å²) in [7, 11) is 1.72. The largest absolute Gasteiger partial charge is 0.490 e. The van der Waals surface area contributed by atoms with Crippen molar-refractivity contribution in [1.29, 1.82) is 0 Å². The van der Waals surface area contributed by atoms with Crippen LogP contribution in [-0.2, 0) is 6.54 Å². The van der Waals surface area contributed by atoms with Crippen molar-refractivity contribution < 1.29 is 9.26 Å². The average Bonchev–Trinajstić information content (AvgIpc) is 3.04. The van der Waals surface area contributed by atoms with E-state index in [1.807, 2.05) is 18.2 Å². The van der Waals surface area contributed by atoms with Gasteiger partial charge in [0.15, 0.2) is 11.7 Å². The van der Waals surface area contributed by atoms with Crippen LogP contribution in [0.4, 0.5) is 0 Å². The summed E-state index contributed by atoms with van der Waals surface area (Å²) in [6.45, 7) is 5.84. The molecule has 0 aromatic carbocycles. The number of ether oxygens (including phenoxy) is 1. The molecule has 0 aliphatic carbocycles. The van der Waals surface area contributed by atoms with E-state index in [2.05, 4.69) is 39.6 Å². The van der Waals surface area contributed by atoms with Crippen molar-refractivity contribution >= 4 is 5.96 Å². The molecule has 0 amide bonds. The van der Waals surface area contributed by atoms with E-state index in [0.717, 1.165) is 17.2 Å². The first-order valence-corrected chi connectivity index (χ1v) is 7.62. The van der Waals surface area contributed by atoms with Gasteiger partial charge in [0.2, 0.25) is 0 Å². The SMILES string of the molecule is CN=C(NCCOc1cccnc1)NCc1cc(C(C)C)no1. The molecule has 2 aromatic heterocycles. The number of rotatable bonds is 7. The lowest BCUT2D eigenvalue weighted by molar-refractivity contribution is 0.320. The van der Waals surface area contributed by atoms with Gasteiger partial charge in [-0.1, -0.05) is 19.0 Å². The summed E-state index contributed by atoms with van der Waals surface area (Å²) < 4.78 is 10.8. The zero-order valence-corrected chi connectivity index (χ0v) is 13.7. The molecule has 2 N–H and O–H groups in total. The van der Waals surface area contributed by atoms with Crippen LogP contribution in [0.1, 0.15) is 31.2 Å². The molecular formula is C16H23N5O2. The maximum absolute atomic E-state index is 5.56. The maximum atomic E-state index is 5.56. The van der Waals surface area contributed by atoms with Gasteiger partial charge in [-0.15, -0.1) is 0 Å². The van der Waals surface area contributed by atoms with Gasteiger partial charge < -0.3 is 19.9 Å². The summed E-state index contributed by atoms with van der Waals surface area (Å²) in [5.41, 5.74) is 0.953. The first-order valence-electron chi connectivity index (χ1n) is 7.62. The van der Waals surface area contributed by atoms with Crippen LogP contribution in [0.15, 0.2) is 40.1 Å².